The highest BCUT2D eigenvalue weighted by atomic mass is 35.5. The van der Waals surface area contributed by atoms with Gasteiger partial charge in [0, 0.05) is 23.0 Å². The number of carbonyl (C=O) groups excluding carboxylic acids is 2. The highest BCUT2D eigenvalue weighted by molar-refractivity contribution is 6.30. The lowest BCUT2D eigenvalue weighted by Gasteiger charge is -2.41. The average Bonchev–Trinajstić information content (AvgIpc) is 3.39. The van der Waals surface area contributed by atoms with E-state index in [0.29, 0.717) is 48.6 Å². The van der Waals surface area contributed by atoms with Crippen LogP contribution in [0.1, 0.15) is 78.8 Å². The van der Waals surface area contributed by atoms with Gasteiger partial charge in [0.1, 0.15) is 17.0 Å². The standard InChI is InChI=1S/C30H39ClN6O5/c1-28(2,3)26(39)41-19-36-17-24(33-35-36)23-10-11-25(38)37(34-23)22-12-14-30(15-13-22,20-8-7-9-21(31)16-20)18-32-27(40)42-29(4,5)6/h7-11,16-17,22H,12-15,18-19H2,1-6H3,(H,32,40)/t22-,30+. The Hall–Kier alpha value is -3.73. The van der Waals surface area contributed by atoms with Crippen LogP contribution in [-0.2, 0) is 26.4 Å². The molecule has 226 valence electrons. The summed E-state index contributed by atoms with van der Waals surface area (Å²) in [4.78, 5) is 37.5. The van der Waals surface area contributed by atoms with E-state index in [2.05, 4.69) is 20.7 Å². The molecule has 12 heteroatoms. The van der Waals surface area contributed by atoms with Gasteiger partial charge in [-0.3, -0.25) is 9.59 Å². The van der Waals surface area contributed by atoms with Crippen molar-refractivity contribution in [1.82, 2.24) is 30.1 Å². The number of hydrogen-bond acceptors (Lipinski definition) is 8. The van der Waals surface area contributed by atoms with Gasteiger partial charge in [0.2, 0.25) is 0 Å². The molecule has 1 saturated carbocycles. The molecule has 0 radical (unpaired) electrons. The van der Waals surface area contributed by atoms with E-state index < -0.39 is 17.1 Å². The molecule has 1 fully saturated rings. The van der Waals surface area contributed by atoms with Crippen molar-refractivity contribution in [3.05, 3.63) is 63.5 Å². The van der Waals surface area contributed by atoms with E-state index in [-0.39, 0.29) is 29.7 Å². The number of amides is 1. The third-order valence-corrected chi connectivity index (χ3v) is 7.47. The Morgan fingerprint density at radius 2 is 1.79 bits per heavy atom. The summed E-state index contributed by atoms with van der Waals surface area (Å²) in [6.45, 7) is 11.1. The predicted octanol–water partition coefficient (Wildman–Crippen LogP) is 5.28. The molecule has 0 saturated heterocycles. The van der Waals surface area contributed by atoms with Crippen molar-refractivity contribution in [3.63, 3.8) is 0 Å². The first-order valence-electron chi connectivity index (χ1n) is 14.1. The molecule has 1 aliphatic carbocycles. The minimum atomic E-state index is -0.628. The van der Waals surface area contributed by atoms with E-state index in [1.165, 1.54) is 15.4 Å². The molecule has 0 atom stereocenters. The number of hydrogen-bond donors (Lipinski definition) is 1. The second kappa shape index (κ2) is 12.2. The Kier molecular flexibility index (Phi) is 9.10. The van der Waals surface area contributed by atoms with Gasteiger partial charge in [0.25, 0.3) is 5.56 Å². The number of rotatable bonds is 7. The first kappa shape index (κ1) is 31.2. The van der Waals surface area contributed by atoms with Crippen LogP contribution in [0.2, 0.25) is 5.02 Å². The fraction of sp³-hybridized carbons (Fsp3) is 0.533. The molecule has 2 heterocycles. The zero-order valence-electron chi connectivity index (χ0n) is 25.0. The van der Waals surface area contributed by atoms with Gasteiger partial charge in [-0.25, -0.2) is 14.2 Å². The number of alkyl carbamates (subject to hydrolysis) is 1. The summed E-state index contributed by atoms with van der Waals surface area (Å²) >= 11 is 6.35. The quantitative estimate of drug-likeness (QED) is 0.364. The number of nitrogens with one attached hydrogen (secondary N) is 1. The summed E-state index contributed by atoms with van der Waals surface area (Å²) in [5.41, 5.74) is 0.149. The number of nitrogens with zero attached hydrogens (tertiary/aromatic N) is 5. The Balaban J connectivity index is 1.50. The highest BCUT2D eigenvalue weighted by Crippen LogP contribution is 2.43. The SMILES string of the molecule is CC(C)(C)OC(=O)NC[C@]1(c2cccc(Cl)c2)CC[C@@H](n2nc(-c3cn(COC(=O)C(C)(C)C)nn3)ccc2=O)CC1. The summed E-state index contributed by atoms with van der Waals surface area (Å²) in [7, 11) is 0. The number of benzene rings is 1. The third kappa shape index (κ3) is 7.76. The second-order valence-corrected chi connectivity index (χ2v) is 13.3. The summed E-state index contributed by atoms with van der Waals surface area (Å²) in [6, 6.07) is 10.6. The number of aromatic nitrogens is 5. The normalized spacial score (nSPS) is 19.3. The van der Waals surface area contributed by atoms with Gasteiger partial charge >= 0.3 is 12.1 Å². The molecular weight excluding hydrogens is 560 g/mol. The minimum Gasteiger partial charge on any atom is -0.444 e. The van der Waals surface area contributed by atoms with Crippen molar-refractivity contribution in [3.8, 4) is 11.4 Å². The lowest BCUT2D eigenvalue weighted by atomic mass is 9.68. The molecule has 0 spiro atoms. The summed E-state index contributed by atoms with van der Waals surface area (Å²) in [5.74, 6) is -0.348. The lowest BCUT2D eigenvalue weighted by Crippen LogP contribution is -2.45. The Labute approximate surface area is 250 Å². The zero-order valence-corrected chi connectivity index (χ0v) is 25.8. The van der Waals surface area contributed by atoms with Crippen LogP contribution in [0.3, 0.4) is 0 Å². The zero-order chi connectivity index (χ0) is 30.7. The number of halogens is 1. The Bertz CT molecular complexity index is 1480. The molecule has 0 bridgehead atoms. The van der Waals surface area contributed by atoms with Crippen LogP contribution < -0.4 is 10.9 Å². The largest absolute Gasteiger partial charge is 0.444 e. The molecule has 4 rings (SSSR count). The first-order valence-corrected chi connectivity index (χ1v) is 14.4. The van der Waals surface area contributed by atoms with E-state index in [9.17, 15) is 14.4 Å². The van der Waals surface area contributed by atoms with Gasteiger partial charge in [-0.2, -0.15) is 5.10 Å². The van der Waals surface area contributed by atoms with Gasteiger partial charge in [0.05, 0.1) is 17.7 Å². The molecule has 42 heavy (non-hydrogen) atoms. The fourth-order valence-corrected chi connectivity index (χ4v) is 5.18. The molecule has 0 aliphatic heterocycles. The van der Waals surface area contributed by atoms with E-state index in [1.54, 1.807) is 33.0 Å². The van der Waals surface area contributed by atoms with Crippen LogP contribution in [0.4, 0.5) is 4.79 Å². The van der Waals surface area contributed by atoms with Crippen molar-refractivity contribution in [2.24, 2.45) is 5.41 Å². The molecule has 1 aromatic carbocycles. The van der Waals surface area contributed by atoms with Crippen LogP contribution in [0.25, 0.3) is 11.4 Å². The van der Waals surface area contributed by atoms with Crippen LogP contribution in [0.5, 0.6) is 0 Å². The topological polar surface area (TPSA) is 130 Å². The van der Waals surface area contributed by atoms with Crippen molar-refractivity contribution < 1.29 is 19.1 Å². The van der Waals surface area contributed by atoms with Crippen molar-refractivity contribution in [2.45, 2.75) is 91.0 Å². The molecular formula is C30H39ClN6O5. The molecule has 3 aromatic rings. The molecule has 2 aromatic heterocycles. The highest BCUT2D eigenvalue weighted by Gasteiger charge is 2.39. The molecule has 11 nitrogen and oxygen atoms in total. The van der Waals surface area contributed by atoms with Crippen LogP contribution in [0, 0.1) is 5.41 Å². The maximum Gasteiger partial charge on any atom is 0.407 e. The van der Waals surface area contributed by atoms with E-state index in [4.69, 9.17) is 21.1 Å². The molecule has 0 unspecified atom stereocenters. The second-order valence-electron chi connectivity index (χ2n) is 12.8. The van der Waals surface area contributed by atoms with Gasteiger partial charge < -0.3 is 14.8 Å². The average molecular weight is 599 g/mol. The summed E-state index contributed by atoms with van der Waals surface area (Å²) < 4.78 is 13.7. The van der Waals surface area contributed by atoms with Crippen LogP contribution in [-0.4, -0.2) is 49.0 Å². The number of ether oxygens (including phenoxy) is 2. The fourth-order valence-electron chi connectivity index (χ4n) is 4.98. The van der Waals surface area contributed by atoms with E-state index in [0.717, 1.165) is 5.56 Å². The van der Waals surface area contributed by atoms with Crippen molar-refractivity contribution in [1.29, 1.82) is 0 Å². The first-order chi connectivity index (χ1) is 19.6. The maximum atomic E-state index is 12.9. The Morgan fingerprint density at radius 3 is 2.43 bits per heavy atom. The Morgan fingerprint density at radius 1 is 1.07 bits per heavy atom. The molecule has 1 N–H and O–H groups in total. The third-order valence-electron chi connectivity index (χ3n) is 7.23. The van der Waals surface area contributed by atoms with Gasteiger partial charge in [-0.1, -0.05) is 28.9 Å². The molecule has 1 amide bonds. The lowest BCUT2D eigenvalue weighted by molar-refractivity contribution is -0.157. The number of carbonyl (C=O) groups is 2. The summed E-state index contributed by atoms with van der Waals surface area (Å²) in [5, 5.41) is 16.4. The number of esters is 1. The van der Waals surface area contributed by atoms with E-state index >= 15 is 0 Å². The van der Waals surface area contributed by atoms with Gasteiger partial charge in [-0.05, 0) is 91.0 Å². The monoisotopic (exact) mass is 598 g/mol. The van der Waals surface area contributed by atoms with Gasteiger partial charge in [0.15, 0.2) is 6.73 Å². The van der Waals surface area contributed by atoms with Gasteiger partial charge in [-0.15, -0.1) is 5.10 Å². The van der Waals surface area contributed by atoms with Crippen molar-refractivity contribution >= 4 is 23.7 Å². The smallest absolute Gasteiger partial charge is 0.407 e. The maximum absolute atomic E-state index is 12.9. The molecule has 1 aliphatic rings. The predicted molar refractivity (Wildman–Crippen MR) is 158 cm³/mol. The van der Waals surface area contributed by atoms with Crippen molar-refractivity contribution in [2.75, 3.05) is 6.54 Å². The van der Waals surface area contributed by atoms with E-state index in [1.807, 2.05) is 45.0 Å². The summed E-state index contributed by atoms with van der Waals surface area (Å²) in [6.07, 6.45) is 3.87. The van der Waals surface area contributed by atoms with Crippen LogP contribution in [0.15, 0.2) is 47.4 Å². The van der Waals surface area contributed by atoms with Crippen LogP contribution >= 0.6 is 11.6 Å². The minimum absolute atomic E-state index is 0.0751.